The number of benzene rings is 7. The van der Waals surface area contributed by atoms with Crippen LogP contribution in [-0.4, -0.2) is 19.5 Å². The first kappa shape index (κ1) is 18.1. The SMILES string of the molecule is [2H]c1c([2H])c([2H])c(-c2nc(-c3ccccc3)nc(-c3ccc(-c4cccc5oc6ccccc6c45)cc3-n3c4c([2H])c([2H])c([2H])c([2H])c4c4c([2H])c([2H])c([2H])c([2H])c43)n2)c([2H])c1[2H]. The predicted molar refractivity (Wildman–Crippen MR) is 203 cm³/mol. The molecule has 0 aliphatic heterocycles. The molecule has 0 unspecified atom stereocenters. The third-order valence-electron chi connectivity index (χ3n) is 8.62. The van der Waals surface area contributed by atoms with Crippen LogP contribution in [0.15, 0.2) is 174 Å². The molecule has 0 radical (unpaired) electrons. The Morgan fingerprint density at radius 3 is 1.88 bits per heavy atom. The fourth-order valence-electron chi connectivity index (χ4n) is 6.44. The van der Waals surface area contributed by atoms with Crippen molar-refractivity contribution in [3.63, 3.8) is 0 Å². The van der Waals surface area contributed by atoms with E-state index in [-0.39, 0.29) is 56.1 Å². The molecule has 0 saturated carbocycles. The molecule has 234 valence electrons. The highest BCUT2D eigenvalue weighted by molar-refractivity contribution is 6.13. The van der Waals surface area contributed by atoms with Crippen LogP contribution in [0.3, 0.4) is 0 Å². The number of nitrogens with zero attached hydrogens (tertiary/aromatic N) is 4. The largest absolute Gasteiger partial charge is 0.456 e. The molecule has 0 aliphatic carbocycles. The van der Waals surface area contributed by atoms with E-state index in [2.05, 4.69) is 4.98 Å². The van der Waals surface area contributed by atoms with Gasteiger partial charge in [0.25, 0.3) is 0 Å². The molecule has 0 saturated heterocycles. The van der Waals surface area contributed by atoms with Crippen LogP contribution in [0.1, 0.15) is 17.8 Å². The summed E-state index contributed by atoms with van der Waals surface area (Å²) in [5.74, 6) is -0.277. The topological polar surface area (TPSA) is 56.7 Å². The van der Waals surface area contributed by atoms with Gasteiger partial charge < -0.3 is 8.98 Å². The molecule has 5 heteroatoms. The third kappa shape index (κ3) is 4.52. The van der Waals surface area contributed by atoms with Crippen LogP contribution in [0.2, 0.25) is 0 Å². The van der Waals surface area contributed by atoms with Gasteiger partial charge in [0.1, 0.15) is 11.2 Å². The van der Waals surface area contributed by atoms with Gasteiger partial charge in [-0.15, -0.1) is 0 Å². The quantitative estimate of drug-likeness (QED) is 0.185. The van der Waals surface area contributed by atoms with Crippen LogP contribution in [0, 0.1) is 0 Å². The van der Waals surface area contributed by atoms with Crippen LogP contribution in [0.25, 0.3) is 94.7 Å². The van der Waals surface area contributed by atoms with Crippen molar-refractivity contribution in [2.75, 3.05) is 0 Å². The van der Waals surface area contributed by atoms with Gasteiger partial charge in [-0.3, -0.25) is 0 Å². The lowest BCUT2D eigenvalue weighted by Gasteiger charge is -2.16. The van der Waals surface area contributed by atoms with Gasteiger partial charge in [-0.05, 0) is 47.5 Å². The molecule has 10 rings (SSSR count). The van der Waals surface area contributed by atoms with Crippen molar-refractivity contribution < 1.29 is 22.2 Å². The molecule has 10 aromatic rings. The summed E-state index contributed by atoms with van der Waals surface area (Å²) in [5, 5.41) is 1.32. The smallest absolute Gasteiger partial charge is 0.166 e. The molecule has 0 atom stereocenters. The van der Waals surface area contributed by atoms with E-state index in [4.69, 9.17) is 29.5 Å². The highest BCUT2D eigenvalue weighted by Gasteiger charge is 2.21. The fraction of sp³-hybridized carbons (Fsp3) is 0. The Balaban J connectivity index is 1.40. The zero-order valence-corrected chi connectivity index (χ0v) is 25.9. The minimum atomic E-state index is -0.606. The van der Waals surface area contributed by atoms with Gasteiger partial charge in [-0.2, -0.15) is 0 Å². The normalized spacial score (nSPS) is 15.2. The zero-order valence-electron chi connectivity index (χ0n) is 38.9. The monoisotopic (exact) mass is 653 g/mol. The van der Waals surface area contributed by atoms with Crippen LogP contribution in [-0.2, 0) is 0 Å². The van der Waals surface area contributed by atoms with E-state index in [1.807, 2.05) is 42.5 Å². The molecule has 0 bridgehead atoms. The fourth-order valence-corrected chi connectivity index (χ4v) is 6.44. The maximum Gasteiger partial charge on any atom is 0.166 e. The van der Waals surface area contributed by atoms with Gasteiger partial charge in [0.15, 0.2) is 17.5 Å². The number of hydrogen-bond acceptors (Lipinski definition) is 4. The molecule has 5 nitrogen and oxygen atoms in total. The number of rotatable bonds is 5. The van der Waals surface area contributed by atoms with Gasteiger partial charge >= 0.3 is 0 Å². The standard InChI is InChI=1S/C45H28N4O/c1-3-14-29(15-4-1)43-46-44(30-16-5-2-6-17-30)48-45(47-43)35-27-26-31(32-21-13-25-41-42(32)36-20-9-12-24-40(36)50-41)28-39(35)49-37-22-10-7-18-33(37)34-19-8-11-23-38(34)49/h1-28H/i1D,3D,4D,7D,8D,10D,11D,14D,15D,18D,19D,22D,23D. The summed E-state index contributed by atoms with van der Waals surface area (Å²) < 4.78 is 122. The highest BCUT2D eigenvalue weighted by Crippen LogP contribution is 2.41. The number of fused-ring (bicyclic) bond motifs is 6. The minimum absolute atomic E-state index is 0.0677. The number of aromatic nitrogens is 4. The summed E-state index contributed by atoms with van der Waals surface area (Å²) in [7, 11) is 0. The van der Waals surface area contributed by atoms with E-state index in [1.165, 1.54) is 4.57 Å². The molecule has 7 aromatic carbocycles. The van der Waals surface area contributed by atoms with E-state index in [0.717, 1.165) is 10.8 Å². The van der Waals surface area contributed by atoms with E-state index in [9.17, 15) is 2.74 Å². The number of furan rings is 1. The average Bonchev–Trinajstić information content (AvgIpc) is 3.87. The predicted octanol–water partition coefficient (Wildman–Crippen LogP) is 11.5. The molecule has 50 heavy (non-hydrogen) atoms. The summed E-state index contributed by atoms with van der Waals surface area (Å²) >= 11 is 0. The maximum absolute atomic E-state index is 9.29. The molecule has 3 heterocycles. The Bertz CT molecular complexity index is 3520. The molecule has 0 amide bonds. The van der Waals surface area contributed by atoms with Crippen molar-refractivity contribution in [2.45, 2.75) is 0 Å². The van der Waals surface area contributed by atoms with E-state index in [1.54, 1.807) is 48.5 Å². The zero-order chi connectivity index (χ0) is 44.3. The molecule has 0 aliphatic rings. The molecule has 0 N–H and O–H groups in total. The number of hydrogen-bond donors (Lipinski definition) is 0. The first-order valence-electron chi connectivity index (χ1n) is 22.1. The lowest BCUT2D eigenvalue weighted by Crippen LogP contribution is -2.04. The Morgan fingerprint density at radius 1 is 0.460 bits per heavy atom. The third-order valence-corrected chi connectivity index (χ3v) is 8.62. The summed E-state index contributed by atoms with van der Waals surface area (Å²) in [6.45, 7) is 0. The van der Waals surface area contributed by atoms with Gasteiger partial charge in [0.05, 0.1) is 34.5 Å². The van der Waals surface area contributed by atoms with E-state index < -0.39 is 78.6 Å². The van der Waals surface area contributed by atoms with E-state index >= 15 is 0 Å². The Kier molecular flexibility index (Phi) is 4.12. The Morgan fingerprint density at radius 2 is 1.10 bits per heavy atom. The van der Waals surface area contributed by atoms with Gasteiger partial charge in [0, 0.05) is 38.2 Å². The van der Waals surface area contributed by atoms with Crippen molar-refractivity contribution in [3.05, 3.63) is 170 Å². The van der Waals surface area contributed by atoms with Crippen LogP contribution < -0.4 is 0 Å². The van der Waals surface area contributed by atoms with Crippen LogP contribution in [0.4, 0.5) is 0 Å². The molecule has 3 aromatic heterocycles. The summed E-state index contributed by atoms with van der Waals surface area (Å²) in [6, 6.07) is 19.6. The Labute approximate surface area is 306 Å². The highest BCUT2D eigenvalue weighted by atomic mass is 16.3. The molecule has 0 fully saturated rings. The lowest BCUT2D eigenvalue weighted by molar-refractivity contribution is 0.669. The van der Waals surface area contributed by atoms with Crippen LogP contribution in [0.5, 0.6) is 0 Å². The van der Waals surface area contributed by atoms with E-state index in [0.29, 0.717) is 27.9 Å². The van der Waals surface area contributed by atoms with Crippen LogP contribution >= 0.6 is 0 Å². The van der Waals surface area contributed by atoms with Gasteiger partial charge in [-0.25, -0.2) is 15.0 Å². The van der Waals surface area contributed by atoms with Crippen molar-refractivity contribution in [1.29, 1.82) is 0 Å². The second-order valence-electron chi connectivity index (χ2n) is 11.5. The summed E-state index contributed by atoms with van der Waals surface area (Å²) in [4.78, 5) is 14.3. The maximum atomic E-state index is 9.29. The molecular weight excluding hydrogens is 613 g/mol. The second kappa shape index (κ2) is 11.4. The summed E-state index contributed by atoms with van der Waals surface area (Å²) in [6.07, 6.45) is 0. The summed E-state index contributed by atoms with van der Waals surface area (Å²) in [5.41, 5.74) is 2.73. The molecular formula is C45H28N4O. The molecule has 0 spiro atoms. The van der Waals surface area contributed by atoms with Crippen molar-refractivity contribution in [1.82, 2.24) is 19.5 Å². The Hall–Kier alpha value is -6.85. The number of para-hydroxylation sites is 3. The second-order valence-corrected chi connectivity index (χ2v) is 11.5. The lowest BCUT2D eigenvalue weighted by atomic mass is 9.97. The van der Waals surface area contributed by atoms with Crippen molar-refractivity contribution >= 4 is 43.7 Å². The first-order chi connectivity index (χ1) is 30.2. The van der Waals surface area contributed by atoms with Crippen molar-refractivity contribution in [2.24, 2.45) is 0 Å². The minimum Gasteiger partial charge on any atom is -0.456 e. The first-order valence-corrected chi connectivity index (χ1v) is 15.6. The average molecular weight is 654 g/mol. The van der Waals surface area contributed by atoms with Gasteiger partial charge in [0.2, 0.25) is 0 Å². The van der Waals surface area contributed by atoms with Gasteiger partial charge in [-0.1, -0.05) is 133 Å². The van der Waals surface area contributed by atoms with Crippen molar-refractivity contribution in [3.8, 4) is 51.0 Å².